The van der Waals surface area contributed by atoms with E-state index in [1.165, 1.54) is 4.88 Å². The number of hydrogen-bond acceptors (Lipinski definition) is 9. The van der Waals surface area contributed by atoms with Gasteiger partial charge in [-0.25, -0.2) is 4.98 Å². The van der Waals surface area contributed by atoms with Crippen LogP contribution in [0.15, 0.2) is 48.7 Å². The van der Waals surface area contributed by atoms with E-state index in [2.05, 4.69) is 38.2 Å². The summed E-state index contributed by atoms with van der Waals surface area (Å²) in [4.78, 5) is 16.9. The van der Waals surface area contributed by atoms with E-state index in [-0.39, 0.29) is 6.01 Å². The summed E-state index contributed by atoms with van der Waals surface area (Å²) in [5.41, 5.74) is 1.24. The molecule has 2 aromatic carbocycles. The van der Waals surface area contributed by atoms with Crippen molar-refractivity contribution in [3.05, 3.63) is 59.1 Å². The molecule has 0 spiro atoms. The molecule has 33 heavy (non-hydrogen) atoms. The lowest BCUT2D eigenvalue weighted by atomic mass is 10.2. The second-order valence-corrected chi connectivity index (χ2v) is 8.65. The Bertz CT molecular complexity index is 1280. The van der Waals surface area contributed by atoms with Gasteiger partial charge in [0.1, 0.15) is 23.9 Å². The van der Waals surface area contributed by atoms with Crippen LogP contribution in [0.3, 0.4) is 0 Å². The van der Waals surface area contributed by atoms with Crippen LogP contribution in [-0.4, -0.2) is 47.1 Å². The van der Waals surface area contributed by atoms with Crippen molar-refractivity contribution in [1.29, 1.82) is 5.26 Å². The molecule has 4 rings (SSSR count). The third-order valence-electron chi connectivity index (χ3n) is 4.78. The molecule has 0 unspecified atom stereocenters. The van der Waals surface area contributed by atoms with E-state index in [1.54, 1.807) is 35.6 Å². The van der Waals surface area contributed by atoms with Gasteiger partial charge in [-0.3, -0.25) is 0 Å². The van der Waals surface area contributed by atoms with Gasteiger partial charge in [-0.1, -0.05) is 6.92 Å². The minimum absolute atomic E-state index is 0.187. The average Bonchev–Trinajstić information content (AvgIpc) is 3.27. The Hall–Kier alpha value is -3.74. The predicted octanol–water partition coefficient (Wildman–Crippen LogP) is 5.00. The van der Waals surface area contributed by atoms with Gasteiger partial charge in [0, 0.05) is 29.1 Å². The highest BCUT2D eigenvalue weighted by Gasteiger charge is 2.13. The van der Waals surface area contributed by atoms with Gasteiger partial charge in [-0.05, 0) is 56.9 Å². The summed E-state index contributed by atoms with van der Waals surface area (Å²) >= 11 is 1.58. The number of anilines is 2. The number of benzene rings is 2. The van der Waals surface area contributed by atoms with Gasteiger partial charge in [0.05, 0.1) is 17.1 Å². The fourth-order valence-corrected chi connectivity index (χ4v) is 3.75. The maximum absolute atomic E-state index is 9.01. The lowest BCUT2D eigenvalue weighted by Crippen LogP contribution is -2.19. The number of fused-ring (bicyclic) bond motifs is 1. The van der Waals surface area contributed by atoms with Crippen LogP contribution in [0.5, 0.6) is 17.5 Å². The zero-order valence-electron chi connectivity index (χ0n) is 18.7. The van der Waals surface area contributed by atoms with Gasteiger partial charge in [-0.15, -0.1) is 11.3 Å². The van der Waals surface area contributed by atoms with Gasteiger partial charge in [-0.2, -0.15) is 15.2 Å². The van der Waals surface area contributed by atoms with Crippen LogP contribution in [0, 0.1) is 11.3 Å². The zero-order valence-corrected chi connectivity index (χ0v) is 19.5. The number of hydrogen-bond donors (Lipinski definition) is 1. The fraction of sp³-hybridized carbons (Fsp3) is 0.250. The van der Waals surface area contributed by atoms with Gasteiger partial charge in [0.15, 0.2) is 5.13 Å². The Balaban J connectivity index is 1.68. The number of nitrogens with one attached hydrogen (secondary N) is 1. The number of nitrogens with zero attached hydrogens (tertiary/aromatic N) is 5. The lowest BCUT2D eigenvalue weighted by Gasteiger charge is -2.13. The summed E-state index contributed by atoms with van der Waals surface area (Å²) < 4.78 is 11.8. The first-order chi connectivity index (χ1) is 16.0. The largest absolute Gasteiger partial charge is 0.492 e. The van der Waals surface area contributed by atoms with Crippen molar-refractivity contribution >= 4 is 33.2 Å². The number of ether oxygens (including phenoxy) is 2. The third kappa shape index (κ3) is 5.74. The van der Waals surface area contributed by atoms with Crippen molar-refractivity contribution in [3.8, 4) is 23.6 Å². The molecule has 0 aliphatic carbocycles. The number of thiazole rings is 1. The molecule has 4 aromatic rings. The molecule has 0 fully saturated rings. The van der Waals surface area contributed by atoms with Gasteiger partial charge in [0.2, 0.25) is 0 Å². The van der Waals surface area contributed by atoms with Crippen molar-refractivity contribution in [2.75, 3.05) is 32.6 Å². The highest BCUT2D eigenvalue weighted by Crippen LogP contribution is 2.31. The van der Waals surface area contributed by atoms with E-state index in [4.69, 9.17) is 14.7 Å². The monoisotopic (exact) mass is 460 g/mol. The van der Waals surface area contributed by atoms with E-state index >= 15 is 0 Å². The molecule has 9 heteroatoms. The van der Waals surface area contributed by atoms with Gasteiger partial charge < -0.3 is 19.7 Å². The Morgan fingerprint density at radius 1 is 1.09 bits per heavy atom. The van der Waals surface area contributed by atoms with Crippen LogP contribution >= 0.6 is 11.3 Å². The third-order valence-corrected chi connectivity index (χ3v) is 5.83. The van der Waals surface area contributed by atoms with Crippen LogP contribution in [0.2, 0.25) is 0 Å². The molecule has 0 saturated carbocycles. The number of likely N-dealkylation sites (N-methyl/N-ethyl adjacent to an activating group) is 1. The Labute approximate surface area is 196 Å². The zero-order chi connectivity index (χ0) is 23.2. The van der Waals surface area contributed by atoms with Crippen molar-refractivity contribution < 1.29 is 9.47 Å². The van der Waals surface area contributed by atoms with Crippen LogP contribution in [0.4, 0.5) is 10.9 Å². The summed E-state index contributed by atoms with van der Waals surface area (Å²) in [5.74, 6) is 1.86. The summed E-state index contributed by atoms with van der Waals surface area (Å²) in [7, 11) is 4.01. The van der Waals surface area contributed by atoms with Crippen LogP contribution in [-0.2, 0) is 6.42 Å². The van der Waals surface area contributed by atoms with E-state index in [9.17, 15) is 0 Å². The summed E-state index contributed by atoms with van der Waals surface area (Å²) in [6.45, 7) is 3.48. The quantitative estimate of drug-likeness (QED) is 0.373. The summed E-state index contributed by atoms with van der Waals surface area (Å²) in [6, 6.07) is 14.8. The summed E-state index contributed by atoms with van der Waals surface area (Å²) in [6.07, 6.45) is 2.78. The Morgan fingerprint density at radius 3 is 2.58 bits per heavy atom. The van der Waals surface area contributed by atoms with Crippen molar-refractivity contribution in [2.24, 2.45) is 0 Å². The van der Waals surface area contributed by atoms with Gasteiger partial charge >= 0.3 is 6.01 Å². The molecule has 2 aromatic heterocycles. The Kier molecular flexibility index (Phi) is 6.98. The topological polar surface area (TPSA) is 96.2 Å². The molecule has 0 atom stereocenters. The van der Waals surface area contributed by atoms with Crippen LogP contribution in [0.25, 0.3) is 10.9 Å². The molecule has 8 nitrogen and oxygen atoms in total. The highest BCUT2D eigenvalue weighted by molar-refractivity contribution is 7.15. The first-order valence-corrected chi connectivity index (χ1v) is 11.3. The Morgan fingerprint density at radius 2 is 1.88 bits per heavy atom. The predicted molar refractivity (Wildman–Crippen MR) is 130 cm³/mol. The van der Waals surface area contributed by atoms with Crippen LogP contribution in [0.1, 0.15) is 17.4 Å². The molecule has 0 amide bonds. The van der Waals surface area contributed by atoms with Gasteiger partial charge in [0.25, 0.3) is 0 Å². The molecule has 0 aliphatic heterocycles. The second-order valence-electron chi connectivity index (χ2n) is 7.53. The number of aryl methyl sites for hydroxylation is 1. The minimum atomic E-state index is 0.187. The minimum Gasteiger partial charge on any atom is -0.492 e. The normalized spacial score (nSPS) is 10.9. The lowest BCUT2D eigenvalue weighted by molar-refractivity contribution is 0.261. The van der Waals surface area contributed by atoms with Crippen molar-refractivity contribution in [2.45, 2.75) is 13.3 Å². The van der Waals surface area contributed by atoms with Crippen LogP contribution < -0.4 is 14.8 Å². The number of aromatic nitrogens is 3. The van der Waals surface area contributed by atoms with E-state index in [1.807, 2.05) is 38.5 Å². The maximum atomic E-state index is 9.01. The molecule has 0 aliphatic rings. The molecule has 2 heterocycles. The second kappa shape index (κ2) is 10.3. The number of nitriles is 1. The molecule has 0 bridgehead atoms. The number of rotatable bonds is 9. The molecule has 0 radical (unpaired) electrons. The summed E-state index contributed by atoms with van der Waals surface area (Å²) in [5, 5.41) is 13.9. The SMILES string of the molecule is CCc1cnc(Nc2nc(Oc3ccc(C#N)cc3)nc3cc(OCCN(C)C)ccc23)s1. The fourth-order valence-electron chi connectivity index (χ4n) is 3.00. The highest BCUT2D eigenvalue weighted by atomic mass is 32.1. The molecular formula is C24H24N6O2S. The molecule has 1 N–H and O–H groups in total. The molecular weight excluding hydrogens is 436 g/mol. The first-order valence-electron chi connectivity index (χ1n) is 10.5. The molecule has 0 saturated heterocycles. The maximum Gasteiger partial charge on any atom is 0.324 e. The van der Waals surface area contributed by atoms with E-state index < -0.39 is 0 Å². The average molecular weight is 461 g/mol. The first kappa shape index (κ1) is 22.5. The standard InChI is InChI=1S/C24H24N6O2S/c1-4-19-15-26-24(33-19)29-22-20-10-9-18(31-12-11-30(2)3)13-21(20)27-23(28-22)32-17-7-5-16(14-25)6-8-17/h5-10,13,15H,4,11-12H2,1-3H3,(H,26,27,28,29). The molecule has 168 valence electrons. The van der Waals surface area contributed by atoms with E-state index in [0.29, 0.717) is 29.3 Å². The van der Waals surface area contributed by atoms with E-state index in [0.717, 1.165) is 29.2 Å². The van der Waals surface area contributed by atoms with Crippen molar-refractivity contribution in [3.63, 3.8) is 0 Å². The van der Waals surface area contributed by atoms with Crippen molar-refractivity contribution in [1.82, 2.24) is 19.9 Å². The smallest absolute Gasteiger partial charge is 0.324 e.